The molecule has 1 aliphatic heterocycles. The van der Waals surface area contributed by atoms with Crippen molar-refractivity contribution in [3.05, 3.63) is 70.7 Å². The minimum atomic E-state index is -0.0828. The molecule has 2 atom stereocenters. The van der Waals surface area contributed by atoms with Gasteiger partial charge >= 0.3 is 0 Å². The Kier molecular flexibility index (Phi) is 4.46. The summed E-state index contributed by atoms with van der Waals surface area (Å²) in [6, 6.07) is 17.1. The number of benzene rings is 2. The van der Waals surface area contributed by atoms with Crippen LogP contribution in [0.5, 0.6) is 0 Å². The monoisotopic (exact) mass is 315 g/mol. The van der Waals surface area contributed by atoms with Gasteiger partial charge in [-0.3, -0.25) is 4.79 Å². The predicted octanol–water partition coefficient (Wildman–Crippen LogP) is 3.94. The van der Waals surface area contributed by atoms with Crippen molar-refractivity contribution in [1.82, 2.24) is 4.90 Å². The van der Waals surface area contributed by atoms with Crippen LogP contribution in [0.2, 0.25) is 5.02 Å². The summed E-state index contributed by atoms with van der Waals surface area (Å²) in [6.45, 7) is 3.09. The van der Waals surface area contributed by atoms with Crippen molar-refractivity contribution in [1.29, 1.82) is 0 Å². The number of carbonyl (C=O) groups excluding carboxylic acids is 1. The first-order valence-electron chi connectivity index (χ1n) is 7.38. The second-order valence-corrected chi connectivity index (χ2v) is 5.99. The van der Waals surface area contributed by atoms with E-state index in [2.05, 4.69) is 0 Å². The molecule has 0 aromatic heterocycles. The molecular formula is C18H18ClNO2. The number of amides is 1. The second-order valence-electron chi connectivity index (χ2n) is 5.55. The fourth-order valence-electron chi connectivity index (χ4n) is 2.70. The quantitative estimate of drug-likeness (QED) is 0.840. The number of morpholine rings is 1. The van der Waals surface area contributed by atoms with E-state index in [0.717, 1.165) is 5.56 Å². The molecule has 22 heavy (non-hydrogen) atoms. The maximum absolute atomic E-state index is 12.8. The Bertz CT molecular complexity index is 659. The molecule has 0 N–H and O–H groups in total. The van der Waals surface area contributed by atoms with Crippen LogP contribution in [0.3, 0.4) is 0 Å². The van der Waals surface area contributed by atoms with Crippen LogP contribution in [0.4, 0.5) is 0 Å². The molecule has 3 rings (SSSR count). The van der Waals surface area contributed by atoms with E-state index in [0.29, 0.717) is 23.7 Å². The van der Waals surface area contributed by atoms with Crippen LogP contribution in [-0.4, -0.2) is 30.0 Å². The molecule has 0 spiro atoms. The maximum atomic E-state index is 12.8. The fourth-order valence-corrected chi connectivity index (χ4v) is 2.89. The molecule has 1 aliphatic rings. The van der Waals surface area contributed by atoms with Crippen molar-refractivity contribution in [3.8, 4) is 0 Å². The lowest BCUT2D eigenvalue weighted by Gasteiger charge is -2.38. The van der Waals surface area contributed by atoms with Gasteiger partial charge in [0.1, 0.15) is 6.10 Å². The van der Waals surface area contributed by atoms with Crippen molar-refractivity contribution in [2.24, 2.45) is 0 Å². The first-order chi connectivity index (χ1) is 10.6. The van der Waals surface area contributed by atoms with Crippen LogP contribution >= 0.6 is 11.6 Å². The van der Waals surface area contributed by atoms with Gasteiger partial charge in [0.15, 0.2) is 0 Å². The summed E-state index contributed by atoms with van der Waals surface area (Å²) in [6.07, 6.45) is -0.0828. The lowest BCUT2D eigenvalue weighted by molar-refractivity contribution is -0.0486. The summed E-state index contributed by atoms with van der Waals surface area (Å²) in [5, 5.41) is 0.575. The molecule has 0 radical (unpaired) electrons. The molecule has 0 aliphatic carbocycles. The topological polar surface area (TPSA) is 29.5 Å². The average Bonchev–Trinajstić information content (AvgIpc) is 2.55. The number of rotatable bonds is 2. The van der Waals surface area contributed by atoms with Crippen LogP contribution in [0.25, 0.3) is 0 Å². The minimum Gasteiger partial charge on any atom is -0.370 e. The van der Waals surface area contributed by atoms with E-state index >= 15 is 0 Å². The largest absolute Gasteiger partial charge is 0.370 e. The third-order valence-electron chi connectivity index (χ3n) is 3.94. The zero-order chi connectivity index (χ0) is 15.5. The van der Waals surface area contributed by atoms with Gasteiger partial charge in [0.2, 0.25) is 0 Å². The Morgan fingerprint density at radius 3 is 2.68 bits per heavy atom. The van der Waals surface area contributed by atoms with Gasteiger partial charge in [-0.2, -0.15) is 0 Å². The third-order valence-corrected chi connectivity index (χ3v) is 4.17. The van der Waals surface area contributed by atoms with Crippen LogP contribution in [0.15, 0.2) is 54.6 Å². The summed E-state index contributed by atoms with van der Waals surface area (Å²) < 4.78 is 5.90. The van der Waals surface area contributed by atoms with Gasteiger partial charge in [-0.1, -0.05) is 48.0 Å². The van der Waals surface area contributed by atoms with Crippen molar-refractivity contribution in [3.63, 3.8) is 0 Å². The zero-order valence-electron chi connectivity index (χ0n) is 12.4. The number of carbonyl (C=O) groups is 1. The molecule has 2 aromatic rings. The Morgan fingerprint density at radius 2 is 1.95 bits per heavy atom. The SMILES string of the molecule is CC1COC(c2ccccc2)CN1C(=O)c1cccc(Cl)c1. The molecule has 0 bridgehead atoms. The van der Waals surface area contributed by atoms with Crippen molar-refractivity contribution in [2.45, 2.75) is 19.1 Å². The molecular weight excluding hydrogens is 298 g/mol. The van der Waals surface area contributed by atoms with Gasteiger partial charge in [0.25, 0.3) is 5.91 Å². The first-order valence-corrected chi connectivity index (χ1v) is 7.76. The Labute approximate surface area is 135 Å². The highest BCUT2D eigenvalue weighted by molar-refractivity contribution is 6.30. The predicted molar refractivity (Wildman–Crippen MR) is 87.1 cm³/mol. The molecule has 1 fully saturated rings. The minimum absolute atomic E-state index is 0.000712. The lowest BCUT2D eigenvalue weighted by Crippen LogP contribution is -2.48. The summed E-state index contributed by atoms with van der Waals surface area (Å²) in [5.41, 5.74) is 1.71. The summed E-state index contributed by atoms with van der Waals surface area (Å²) in [7, 11) is 0. The Balaban J connectivity index is 1.81. The molecule has 4 heteroatoms. The van der Waals surface area contributed by atoms with E-state index in [9.17, 15) is 4.79 Å². The van der Waals surface area contributed by atoms with E-state index in [1.54, 1.807) is 24.3 Å². The van der Waals surface area contributed by atoms with Crippen molar-refractivity contribution in [2.75, 3.05) is 13.2 Å². The number of hydrogen-bond donors (Lipinski definition) is 0. The fraction of sp³-hybridized carbons (Fsp3) is 0.278. The van der Waals surface area contributed by atoms with Gasteiger partial charge in [0, 0.05) is 10.6 Å². The van der Waals surface area contributed by atoms with Gasteiger partial charge in [0.05, 0.1) is 19.2 Å². The van der Waals surface area contributed by atoms with Crippen molar-refractivity contribution >= 4 is 17.5 Å². The molecule has 3 nitrogen and oxygen atoms in total. The van der Waals surface area contributed by atoms with E-state index in [-0.39, 0.29) is 18.1 Å². The van der Waals surface area contributed by atoms with Crippen LogP contribution in [-0.2, 0) is 4.74 Å². The average molecular weight is 316 g/mol. The molecule has 1 heterocycles. The number of hydrogen-bond acceptors (Lipinski definition) is 2. The number of ether oxygens (including phenoxy) is 1. The van der Waals surface area contributed by atoms with Gasteiger partial charge in [-0.15, -0.1) is 0 Å². The summed E-state index contributed by atoms with van der Waals surface area (Å²) in [4.78, 5) is 14.6. The van der Waals surface area contributed by atoms with Crippen LogP contribution in [0.1, 0.15) is 28.9 Å². The highest BCUT2D eigenvalue weighted by Crippen LogP contribution is 2.26. The Morgan fingerprint density at radius 1 is 1.18 bits per heavy atom. The summed E-state index contributed by atoms with van der Waals surface area (Å²) in [5.74, 6) is -0.000712. The zero-order valence-corrected chi connectivity index (χ0v) is 13.2. The van der Waals surface area contributed by atoms with Gasteiger partial charge in [-0.25, -0.2) is 0 Å². The molecule has 114 valence electrons. The molecule has 2 unspecified atom stereocenters. The molecule has 2 aromatic carbocycles. The Hall–Kier alpha value is -1.84. The first kappa shape index (κ1) is 15.1. The van der Waals surface area contributed by atoms with E-state index in [4.69, 9.17) is 16.3 Å². The van der Waals surface area contributed by atoms with Gasteiger partial charge in [-0.05, 0) is 30.7 Å². The van der Waals surface area contributed by atoms with E-state index in [1.807, 2.05) is 42.2 Å². The van der Waals surface area contributed by atoms with E-state index in [1.165, 1.54) is 0 Å². The highest BCUT2D eigenvalue weighted by Gasteiger charge is 2.31. The molecule has 1 saturated heterocycles. The molecule has 1 amide bonds. The number of nitrogens with zero attached hydrogens (tertiary/aromatic N) is 1. The smallest absolute Gasteiger partial charge is 0.254 e. The van der Waals surface area contributed by atoms with Gasteiger partial charge < -0.3 is 9.64 Å². The summed E-state index contributed by atoms with van der Waals surface area (Å²) >= 11 is 5.99. The normalized spacial score (nSPS) is 21.6. The van der Waals surface area contributed by atoms with Crippen LogP contribution in [0, 0.1) is 0 Å². The lowest BCUT2D eigenvalue weighted by atomic mass is 10.0. The van der Waals surface area contributed by atoms with E-state index < -0.39 is 0 Å². The third kappa shape index (κ3) is 3.16. The molecule has 0 saturated carbocycles. The van der Waals surface area contributed by atoms with Crippen LogP contribution < -0.4 is 0 Å². The van der Waals surface area contributed by atoms with Crippen molar-refractivity contribution < 1.29 is 9.53 Å². The highest BCUT2D eigenvalue weighted by atomic mass is 35.5. The second kappa shape index (κ2) is 6.51. The standard InChI is InChI=1S/C18H18ClNO2/c1-13-12-22-17(14-6-3-2-4-7-14)11-20(13)18(21)15-8-5-9-16(19)10-15/h2-10,13,17H,11-12H2,1H3. The maximum Gasteiger partial charge on any atom is 0.254 e. The number of halogens is 1.